The van der Waals surface area contributed by atoms with Crippen molar-refractivity contribution < 1.29 is 23.1 Å². The molecule has 1 aliphatic rings. The Morgan fingerprint density at radius 3 is 2.50 bits per heavy atom. The largest absolute Gasteiger partial charge is 0.469 e. The zero-order chi connectivity index (χ0) is 13.8. The second-order valence-corrected chi connectivity index (χ2v) is 6.15. The highest BCUT2D eigenvalue weighted by atomic mass is 32.2. The van der Waals surface area contributed by atoms with E-state index in [9.17, 15) is 13.2 Å². The average molecular weight is 280 g/mol. The van der Waals surface area contributed by atoms with Gasteiger partial charge in [0.2, 0.25) is 0 Å². The van der Waals surface area contributed by atoms with Crippen molar-refractivity contribution in [1.82, 2.24) is 9.03 Å². The molecule has 8 heteroatoms. The Hall–Kier alpha value is -0.700. The molecule has 1 saturated heterocycles. The van der Waals surface area contributed by atoms with Gasteiger partial charge in [-0.2, -0.15) is 17.4 Å². The summed E-state index contributed by atoms with van der Waals surface area (Å²) in [7, 11) is -2.23. The summed E-state index contributed by atoms with van der Waals surface area (Å²) in [5, 5.41) is 9.05. The molecule has 7 nitrogen and oxygen atoms in total. The van der Waals surface area contributed by atoms with Crippen molar-refractivity contribution >= 4 is 16.2 Å². The molecule has 1 fully saturated rings. The second-order valence-electron chi connectivity index (χ2n) is 4.40. The first kappa shape index (κ1) is 15.4. The summed E-state index contributed by atoms with van der Waals surface area (Å²) in [5.41, 5.74) is 0. The van der Waals surface area contributed by atoms with E-state index in [1.807, 2.05) is 0 Å². The highest BCUT2D eigenvalue weighted by Crippen LogP contribution is 2.19. The molecule has 2 N–H and O–H groups in total. The van der Waals surface area contributed by atoms with E-state index in [-0.39, 0.29) is 31.5 Å². The van der Waals surface area contributed by atoms with Gasteiger partial charge >= 0.3 is 5.97 Å². The predicted molar refractivity (Wildman–Crippen MR) is 64.9 cm³/mol. The highest BCUT2D eigenvalue weighted by molar-refractivity contribution is 7.87. The molecule has 0 saturated carbocycles. The van der Waals surface area contributed by atoms with Crippen LogP contribution in [0.4, 0.5) is 0 Å². The van der Waals surface area contributed by atoms with E-state index >= 15 is 0 Å². The van der Waals surface area contributed by atoms with Gasteiger partial charge in [0.05, 0.1) is 19.1 Å². The van der Waals surface area contributed by atoms with Gasteiger partial charge < -0.3 is 9.84 Å². The highest BCUT2D eigenvalue weighted by Gasteiger charge is 2.31. The van der Waals surface area contributed by atoms with Gasteiger partial charge in [0.15, 0.2) is 0 Å². The van der Waals surface area contributed by atoms with E-state index in [0.29, 0.717) is 12.8 Å². The number of nitrogens with zero attached hydrogens (tertiary/aromatic N) is 1. The molecular formula is C10H20N2O5S. The molecule has 0 aromatic rings. The number of piperidine rings is 1. The number of ether oxygens (including phenoxy) is 1. The van der Waals surface area contributed by atoms with Crippen LogP contribution in [0.1, 0.15) is 19.8 Å². The molecule has 1 atom stereocenters. The molecule has 0 bridgehead atoms. The fourth-order valence-electron chi connectivity index (χ4n) is 1.82. The molecule has 1 aliphatic heterocycles. The van der Waals surface area contributed by atoms with Crippen LogP contribution in [0.5, 0.6) is 0 Å². The standard InChI is InChI=1S/C10H20N2O5S/c1-8(13)7-11-18(15,16)12-5-3-9(4-6-12)10(14)17-2/h8-9,11,13H,3-7H2,1-2H3/t8-/m1/s1. The van der Waals surface area contributed by atoms with E-state index in [2.05, 4.69) is 9.46 Å². The maximum atomic E-state index is 11.8. The predicted octanol–water partition coefficient (Wildman–Crippen LogP) is -0.913. The number of esters is 1. The van der Waals surface area contributed by atoms with Crippen LogP contribution in [-0.4, -0.2) is 56.6 Å². The molecule has 0 aromatic heterocycles. The van der Waals surface area contributed by atoms with Crippen molar-refractivity contribution in [3.05, 3.63) is 0 Å². The number of hydrogen-bond donors (Lipinski definition) is 2. The summed E-state index contributed by atoms with van der Waals surface area (Å²) in [6.07, 6.45) is 0.192. The Morgan fingerprint density at radius 1 is 1.50 bits per heavy atom. The van der Waals surface area contributed by atoms with Crippen molar-refractivity contribution in [2.75, 3.05) is 26.7 Å². The van der Waals surface area contributed by atoms with Gasteiger partial charge in [0.1, 0.15) is 0 Å². The van der Waals surface area contributed by atoms with E-state index in [4.69, 9.17) is 5.11 Å². The first-order valence-corrected chi connectivity index (χ1v) is 7.31. The Labute approximate surface area is 107 Å². The van der Waals surface area contributed by atoms with Gasteiger partial charge in [0, 0.05) is 19.6 Å². The Balaban J connectivity index is 2.49. The van der Waals surface area contributed by atoms with Crippen molar-refractivity contribution in [2.45, 2.75) is 25.9 Å². The lowest BCUT2D eigenvalue weighted by Gasteiger charge is -2.29. The van der Waals surface area contributed by atoms with Crippen molar-refractivity contribution in [3.63, 3.8) is 0 Å². The minimum absolute atomic E-state index is 0.0146. The summed E-state index contributed by atoms with van der Waals surface area (Å²) < 4.78 is 31.9. The number of nitrogens with one attached hydrogen (secondary N) is 1. The third-order valence-corrected chi connectivity index (χ3v) is 4.47. The molecule has 0 spiro atoms. The van der Waals surface area contributed by atoms with Crippen molar-refractivity contribution in [1.29, 1.82) is 0 Å². The number of methoxy groups -OCH3 is 1. The lowest BCUT2D eigenvalue weighted by Crippen LogP contribution is -2.47. The average Bonchev–Trinajstić information content (AvgIpc) is 2.36. The van der Waals surface area contributed by atoms with Crippen LogP contribution in [0.25, 0.3) is 0 Å². The first-order valence-electron chi connectivity index (χ1n) is 5.87. The molecule has 18 heavy (non-hydrogen) atoms. The number of aliphatic hydroxyl groups excluding tert-OH is 1. The Kier molecular flexibility index (Phi) is 5.51. The molecule has 1 rings (SSSR count). The van der Waals surface area contributed by atoms with Gasteiger partial charge in [-0.05, 0) is 19.8 Å². The fourth-order valence-corrected chi connectivity index (χ4v) is 3.14. The normalized spacial score (nSPS) is 20.6. The monoisotopic (exact) mass is 280 g/mol. The van der Waals surface area contributed by atoms with Crippen molar-refractivity contribution in [3.8, 4) is 0 Å². The number of rotatable bonds is 5. The molecule has 0 radical (unpaired) electrons. The van der Waals surface area contributed by atoms with E-state index in [1.54, 1.807) is 0 Å². The molecule has 106 valence electrons. The zero-order valence-corrected chi connectivity index (χ0v) is 11.4. The summed E-state index contributed by atoms with van der Waals surface area (Å²) >= 11 is 0. The van der Waals surface area contributed by atoms with Crippen LogP contribution in [0, 0.1) is 5.92 Å². The lowest BCUT2D eigenvalue weighted by atomic mass is 9.99. The topological polar surface area (TPSA) is 95.9 Å². The maximum Gasteiger partial charge on any atom is 0.308 e. The smallest absolute Gasteiger partial charge is 0.308 e. The van der Waals surface area contributed by atoms with E-state index in [0.717, 1.165) is 0 Å². The Morgan fingerprint density at radius 2 is 2.06 bits per heavy atom. The van der Waals surface area contributed by atoms with Gasteiger partial charge in [-0.3, -0.25) is 4.79 Å². The summed E-state index contributed by atoms with van der Waals surface area (Å²) in [6.45, 7) is 2.06. The molecule has 0 amide bonds. The van der Waals surface area contributed by atoms with Crippen LogP contribution < -0.4 is 4.72 Å². The second kappa shape index (κ2) is 6.46. The zero-order valence-electron chi connectivity index (χ0n) is 10.6. The lowest BCUT2D eigenvalue weighted by molar-refractivity contribution is -0.146. The summed E-state index contributed by atoms with van der Waals surface area (Å²) in [6, 6.07) is 0. The Bertz CT molecular complexity index is 374. The molecule has 0 aliphatic carbocycles. The van der Waals surface area contributed by atoms with Crippen LogP contribution in [-0.2, 0) is 19.7 Å². The quantitative estimate of drug-likeness (QED) is 0.635. The SMILES string of the molecule is COC(=O)C1CCN(S(=O)(=O)NC[C@@H](C)O)CC1. The van der Waals surface area contributed by atoms with Gasteiger partial charge in [-0.1, -0.05) is 0 Å². The van der Waals surface area contributed by atoms with Gasteiger partial charge in [-0.15, -0.1) is 0 Å². The maximum absolute atomic E-state index is 11.8. The number of carbonyl (C=O) groups is 1. The fraction of sp³-hybridized carbons (Fsp3) is 0.900. The van der Waals surface area contributed by atoms with Crippen LogP contribution in [0.3, 0.4) is 0 Å². The first-order chi connectivity index (χ1) is 8.36. The molecule has 0 aromatic carbocycles. The minimum Gasteiger partial charge on any atom is -0.469 e. The van der Waals surface area contributed by atoms with Crippen LogP contribution >= 0.6 is 0 Å². The van der Waals surface area contributed by atoms with Crippen molar-refractivity contribution in [2.24, 2.45) is 5.92 Å². The third kappa shape index (κ3) is 4.20. The number of carbonyl (C=O) groups excluding carboxylic acids is 1. The van der Waals surface area contributed by atoms with Gasteiger partial charge in [0.25, 0.3) is 10.2 Å². The third-order valence-electron chi connectivity index (χ3n) is 2.89. The number of hydrogen-bond acceptors (Lipinski definition) is 5. The van der Waals surface area contributed by atoms with Crippen LogP contribution in [0.15, 0.2) is 0 Å². The molecule has 1 heterocycles. The molecular weight excluding hydrogens is 260 g/mol. The minimum atomic E-state index is -3.56. The van der Waals surface area contributed by atoms with Crippen LogP contribution in [0.2, 0.25) is 0 Å². The summed E-state index contributed by atoms with van der Waals surface area (Å²) in [4.78, 5) is 11.3. The number of aliphatic hydroxyl groups is 1. The van der Waals surface area contributed by atoms with E-state index in [1.165, 1.54) is 18.3 Å². The molecule has 0 unspecified atom stereocenters. The van der Waals surface area contributed by atoms with Gasteiger partial charge in [-0.25, -0.2) is 0 Å². The van der Waals surface area contributed by atoms with E-state index < -0.39 is 16.3 Å². The summed E-state index contributed by atoms with van der Waals surface area (Å²) in [5.74, 6) is -0.512.